The van der Waals surface area contributed by atoms with Crippen molar-refractivity contribution in [3.63, 3.8) is 0 Å². The van der Waals surface area contributed by atoms with Crippen LogP contribution in [0.1, 0.15) is 26.3 Å². The highest BCUT2D eigenvalue weighted by atomic mass is 19.1. The lowest BCUT2D eigenvalue weighted by Crippen LogP contribution is -2.16. The molecule has 5 heteroatoms. The molecule has 130 valence electrons. The molecule has 0 atom stereocenters. The molecule has 4 nitrogen and oxygen atoms in total. The first kappa shape index (κ1) is 17.4. The van der Waals surface area contributed by atoms with Crippen molar-refractivity contribution in [2.45, 2.75) is 6.92 Å². The molecule has 0 heterocycles. The Kier molecular flexibility index (Phi) is 5.08. The third-order valence-electron chi connectivity index (χ3n) is 3.90. The van der Waals surface area contributed by atoms with Crippen LogP contribution in [0, 0.1) is 12.7 Å². The standard InChI is InChI=1S/C21H17FN2O2/c1-14-7-2-4-11-18(14)23-20(25)15-8-6-9-16(13-15)21(26)24-19-12-5-3-10-17(19)22/h2-13H,1H3,(H,23,25)(H,24,26). The summed E-state index contributed by atoms with van der Waals surface area (Å²) in [4.78, 5) is 24.8. The predicted octanol–water partition coefficient (Wildman–Crippen LogP) is 4.64. The minimum atomic E-state index is -0.519. The van der Waals surface area contributed by atoms with Crippen molar-refractivity contribution in [2.24, 2.45) is 0 Å². The molecule has 0 aliphatic heterocycles. The van der Waals surface area contributed by atoms with Crippen molar-refractivity contribution in [2.75, 3.05) is 10.6 Å². The molecule has 0 aliphatic carbocycles. The third kappa shape index (κ3) is 3.95. The Bertz CT molecular complexity index is 895. The van der Waals surface area contributed by atoms with Gasteiger partial charge in [-0.3, -0.25) is 9.59 Å². The number of hydrogen-bond acceptors (Lipinski definition) is 2. The summed E-state index contributed by atoms with van der Waals surface area (Å²) < 4.78 is 13.7. The van der Waals surface area contributed by atoms with Crippen LogP contribution in [-0.2, 0) is 0 Å². The number of rotatable bonds is 4. The van der Waals surface area contributed by atoms with Gasteiger partial charge >= 0.3 is 0 Å². The van der Waals surface area contributed by atoms with Gasteiger partial charge in [0.05, 0.1) is 5.69 Å². The Morgan fingerprint density at radius 3 is 1.88 bits per heavy atom. The summed E-state index contributed by atoms with van der Waals surface area (Å²) in [5, 5.41) is 5.33. The van der Waals surface area contributed by atoms with E-state index in [4.69, 9.17) is 0 Å². The molecular weight excluding hydrogens is 331 g/mol. The third-order valence-corrected chi connectivity index (χ3v) is 3.90. The van der Waals surface area contributed by atoms with Gasteiger partial charge in [-0.05, 0) is 48.9 Å². The number of nitrogens with one attached hydrogen (secondary N) is 2. The topological polar surface area (TPSA) is 58.2 Å². The quantitative estimate of drug-likeness (QED) is 0.722. The molecule has 0 saturated heterocycles. The Hall–Kier alpha value is -3.47. The highest BCUT2D eigenvalue weighted by Gasteiger charge is 2.13. The van der Waals surface area contributed by atoms with Crippen molar-refractivity contribution in [1.29, 1.82) is 0 Å². The number of carbonyl (C=O) groups excluding carboxylic acids is 2. The summed E-state index contributed by atoms with van der Waals surface area (Å²) in [6.07, 6.45) is 0. The van der Waals surface area contributed by atoms with E-state index in [2.05, 4.69) is 10.6 Å². The van der Waals surface area contributed by atoms with Gasteiger partial charge in [0.25, 0.3) is 11.8 Å². The molecule has 0 spiro atoms. The average Bonchev–Trinajstić information content (AvgIpc) is 2.65. The summed E-state index contributed by atoms with van der Waals surface area (Å²) in [5.41, 5.74) is 2.35. The van der Waals surface area contributed by atoms with E-state index < -0.39 is 11.7 Å². The van der Waals surface area contributed by atoms with Crippen molar-refractivity contribution < 1.29 is 14.0 Å². The van der Waals surface area contributed by atoms with E-state index in [0.717, 1.165) is 5.56 Å². The lowest BCUT2D eigenvalue weighted by molar-refractivity contribution is 0.102. The van der Waals surface area contributed by atoms with Gasteiger partial charge in [-0.1, -0.05) is 36.4 Å². The van der Waals surface area contributed by atoms with Crippen molar-refractivity contribution in [1.82, 2.24) is 0 Å². The van der Waals surface area contributed by atoms with Gasteiger partial charge in [-0.25, -0.2) is 4.39 Å². The number of aryl methyl sites for hydroxylation is 1. The molecule has 0 bridgehead atoms. The second kappa shape index (κ2) is 7.61. The number of anilines is 2. The molecule has 26 heavy (non-hydrogen) atoms. The van der Waals surface area contributed by atoms with Crippen LogP contribution >= 0.6 is 0 Å². The van der Waals surface area contributed by atoms with E-state index in [1.165, 1.54) is 18.2 Å². The number of halogens is 1. The lowest BCUT2D eigenvalue weighted by Gasteiger charge is -2.10. The largest absolute Gasteiger partial charge is 0.322 e. The number of hydrogen-bond donors (Lipinski definition) is 2. The Morgan fingerprint density at radius 1 is 0.731 bits per heavy atom. The summed E-state index contributed by atoms with van der Waals surface area (Å²) >= 11 is 0. The predicted molar refractivity (Wildman–Crippen MR) is 99.9 cm³/mol. The maximum absolute atomic E-state index is 13.7. The molecule has 2 N–H and O–H groups in total. The first-order valence-electron chi connectivity index (χ1n) is 8.07. The zero-order valence-corrected chi connectivity index (χ0v) is 14.1. The van der Waals surface area contributed by atoms with E-state index in [1.54, 1.807) is 30.3 Å². The molecule has 0 aromatic heterocycles. The average molecular weight is 348 g/mol. The highest BCUT2D eigenvalue weighted by Crippen LogP contribution is 2.17. The maximum atomic E-state index is 13.7. The van der Waals surface area contributed by atoms with E-state index in [1.807, 2.05) is 31.2 Å². The Balaban J connectivity index is 1.77. The SMILES string of the molecule is Cc1ccccc1NC(=O)c1cccc(C(=O)Nc2ccccc2F)c1. The lowest BCUT2D eigenvalue weighted by atomic mass is 10.1. The normalized spacial score (nSPS) is 10.2. The molecular formula is C21H17FN2O2. The molecule has 0 unspecified atom stereocenters. The van der Waals surface area contributed by atoms with Crippen LogP contribution in [0.25, 0.3) is 0 Å². The van der Waals surface area contributed by atoms with Crippen LogP contribution < -0.4 is 10.6 Å². The first-order valence-corrected chi connectivity index (χ1v) is 8.07. The van der Waals surface area contributed by atoms with Gasteiger partial charge in [0, 0.05) is 16.8 Å². The summed E-state index contributed by atoms with van der Waals surface area (Å²) in [7, 11) is 0. The van der Waals surface area contributed by atoms with E-state index in [9.17, 15) is 14.0 Å². The number of carbonyl (C=O) groups is 2. The van der Waals surface area contributed by atoms with Gasteiger partial charge in [0.2, 0.25) is 0 Å². The highest BCUT2D eigenvalue weighted by molar-refractivity contribution is 6.08. The maximum Gasteiger partial charge on any atom is 0.255 e. The number of benzene rings is 3. The van der Waals surface area contributed by atoms with Crippen LogP contribution in [0.4, 0.5) is 15.8 Å². The molecule has 3 rings (SSSR count). The summed E-state index contributed by atoms with van der Waals surface area (Å²) in [6, 6.07) is 19.6. The van der Waals surface area contributed by atoms with E-state index in [0.29, 0.717) is 11.3 Å². The van der Waals surface area contributed by atoms with Gasteiger partial charge in [-0.2, -0.15) is 0 Å². The van der Waals surface area contributed by atoms with Gasteiger partial charge < -0.3 is 10.6 Å². The van der Waals surface area contributed by atoms with Gasteiger partial charge in [-0.15, -0.1) is 0 Å². The monoisotopic (exact) mass is 348 g/mol. The minimum absolute atomic E-state index is 0.0901. The van der Waals surface area contributed by atoms with Crippen molar-refractivity contribution in [3.05, 3.63) is 95.3 Å². The molecule has 0 fully saturated rings. The molecule has 0 saturated carbocycles. The van der Waals surface area contributed by atoms with E-state index >= 15 is 0 Å². The summed E-state index contributed by atoms with van der Waals surface area (Å²) in [5.74, 6) is -1.32. The number of amides is 2. The molecule has 3 aromatic rings. The van der Waals surface area contributed by atoms with Crippen LogP contribution in [0.15, 0.2) is 72.8 Å². The number of para-hydroxylation sites is 2. The van der Waals surface area contributed by atoms with Crippen LogP contribution in [0.5, 0.6) is 0 Å². The molecule has 2 amide bonds. The van der Waals surface area contributed by atoms with Crippen molar-refractivity contribution >= 4 is 23.2 Å². The van der Waals surface area contributed by atoms with E-state index in [-0.39, 0.29) is 17.2 Å². The Labute approximate surface area is 150 Å². The second-order valence-electron chi connectivity index (χ2n) is 5.78. The summed E-state index contributed by atoms with van der Waals surface area (Å²) in [6.45, 7) is 1.90. The molecule has 0 aliphatic rings. The molecule has 3 aromatic carbocycles. The first-order chi connectivity index (χ1) is 12.5. The second-order valence-corrected chi connectivity index (χ2v) is 5.78. The zero-order chi connectivity index (χ0) is 18.5. The Morgan fingerprint density at radius 2 is 1.27 bits per heavy atom. The van der Waals surface area contributed by atoms with Gasteiger partial charge in [0.15, 0.2) is 0 Å². The van der Waals surface area contributed by atoms with Crippen LogP contribution in [-0.4, -0.2) is 11.8 Å². The van der Waals surface area contributed by atoms with Crippen molar-refractivity contribution in [3.8, 4) is 0 Å². The molecule has 0 radical (unpaired) electrons. The van der Waals surface area contributed by atoms with Gasteiger partial charge in [0.1, 0.15) is 5.82 Å². The fraction of sp³-hybridized carbons (Fsp3) is 0.0476. The fourth-order valence-electron chi connectivity index (χ4n) is 2.47. The fourth-order valence-corrected chi connectivity index (χ4v) is 2.47. The zero-order valence-electron chi connectivity index (χ0n) is 14.1. The van der Waals surface area contributed by atoms with Crippen LogP contribution in [0.2, 0.25) is 0 Å². The van der Waals surface area contributed by atoms with Crippen LogP contribution in [0.3, 0.4) is 0 Å². The minimum Gasteiger partial charge on any atom is -0.322 e. The smallest absolute Gasteiger partial charge is 0.255 e.